The van der Waals surface area contributed by atoms with Gasteiger partial charge in [-0.05, 0) is 60.9 Å². The Bertz CT molecular complexity index is 873. The Labute approximate surface area is 153 Å². The summed E-state index contributed by atoms with van der Waals surface area (Å²) in [4.78, 5) is 13.3. The van der Waals surface area contributed by atoms with Crippen molar-refractivity contribution in [1.29, 1.82) is 0 Å². The Morgan fingerprint density at radius 3 is 2.28 bits per heavy atom. The lowest BCUT2D eigenvalue weighted by Crippen LogP contribution is -2.29. The van der Waals surface area contributed by atoms with Crippen molar-refractivity contribution in [3.63, 3.8) is 0 Å². The van der Waals surface area contributed by atoms with Crippen LogP contribution in [-0.4, -0.2) is 22.2 Å². The number of rotatable bonds is 3. The highest BCUT2D eigenvalue weighted by atomic mass is 35.5. The summed E-state index contributed by atoms with van der Waals surface area (Å²) in [7, 11) is 0. The SMILES string of the molecule is C[S+]([O-])c1ccc(C2=C(c3ccc(F)cc3)C(=O)C(C)(C)O2)cc1Cl. The third-order valence-corrected chi connectivity index (χ3v) is 5.39. The second-order valence-electron chi connectivity index (χ2n) is 6.25. The van der Waals surface area contributed by atoms with Gasteiger partial charge in [-0.15, -0.1) is 0 Å². The minimum absolute atomic E-state index is 0.187. The molecule has 6 heteroatoms. The molecule has 0 amide bonds. The predicted molar refractivity (Wildman–Crippen MR) is 97.2 cm³/mol. The van der Waals surface area contributed by atoms with Gasteiger partial charge in [0.2, 0.25) is 5.78 Å². The first-order valence-electron chi connectivity index (χ1n) is 7.58. The third kappa shape index (κ3) is 3.32. The second-order valence-corrected chi connectivity index (χ2v) is 8.01. The maximum Gasteiger partial charge on any atom is 0.210 e. The molecule has 0 spiro atoms. The van der Waals surface area contributed by atoms with E-state index in [1.165, 1.54) is 12.1 Å². The molecule has 3 nitrogen and oxygen atoms in total. The van der Waals surface area contributed by atoms with Crippen molar-refractivity contribution in [2.75, 3.05) is 6.26 Å². The monoisotopic (exact) mass is 378 g/mol. The fourth-order valence-corrected chi connectivity index (χ4v) is 3.81. The first-order chi connectivity index (χ1) is 11.7. The number of ether oxygens (including phenoxy) is 1. The van der Waals surface area contributed by atoms with Gasteiger partial charge in [0, 0.05) is 5.56 Å². The van der Waals surface area contributed by atoms with Crippen LogP contribution in [0.5, 0.6) is 0 Å². The topological polar surface area (TPSA) is 49.4 Å². The van der Waals surface area contributed by atoms with Crippen LogP contribution in [0.1, 0.15) is 25.0 Å². The van der Waals surface area contributed by atoms with Crippen LogP contribution in [0.3, 0.4) is 0 Å². The summed E-state index contributed by atoms with van der Waals surface area (Å²) < 4.78 is 30.8. The molecule has 1 atom stereocenters. The Morgan fingerprint density at radius 1 is 1.12 bits per heavy atom. The summed E-state index contributed by atoms with van der Waals surface area (Å²) in [6.45, 7) is 3.37. The summed E-state index contributed by atoms with van der Waals surface area (Å²) >= 11 is 5.00. The average molecular weight is 379 g/mol. The van der Waals surface area contributed by atoms with Crippen LogP contribution in [0.25, 0.3) is 11.3 Å². The lowest BCUT2D eigenvalue weighted by atomic mass is 9.92. The molecule has 3 rings (SSSR count). The molecule has 2 aromatic carbocycles. The summed E-state index contributed by atoms with van der Waals surface area (Å²) in [5.41, 5.74) is 0.535. The molecule has 0 saturated heterocycles. The lowest BCUT2D eigenvalue weighted by Gasteiger charge is -2.18. The molecule has 1 aliphatic rings. The van der Waals surface area contributed by atoms with Gasteiger partial charge in [-0.1, -0.05) is 23.7 Å². The number of ketones is 1. The fraction of sp³-hybridized carbons (Fsp3) is 0.211. The van der Waals surface area contributed by atoms with E-state index in [9.17, 15) is 13.7 Å². The molecule has 0 aromatic heterocycles. The van der Waals surface area contributed by atoms with E-state index in [-0.39, 0.29) is 11.6 Å². The van der Waals surface area contributed by atoms with Crippen molar-refractivity contribution >= 4 is 39.9 Å². The summed E-state index contributed by atoms with van der Waals surface area (Å²) in [6, 6.07) is 10.7. The Morgan fingerprint density at radius 2 is 1.72 bits per heavy atom. The fourth-order valence-electron chi connectivity index (χ4n) is 2.71. The molecule has 130 valence electrons. The minimum atomic E-state index is -1.22. The molecule has 0 fully saturated rings. The van der Waals surface area contributed by atoms with E-state index < -0.39 is 16.8 Å². The molecule has 2 aromatic rings. The molecular formula is C19H16ClFO3S. The molecule has 0 radical (unpaired) electrons. The van der Waals surface area contributed by atoms with Crippen molar-refractivity contribution < 1.29 is 18.5 Å². The lowest BCUT2D eigenvalue weighted by molar-refractivity contribution is -0.125. The normalized spacial score (nSPS) is 17.6. The maximum atomic E-state index is 13.2. The van der Waals surface area contributed by atoms with Gasteiger partial charge < -0.3 is 9.29 Å². The molecule has 1 unspecified atom stereocenters. The Hall–Kier alpha value is -1.82. The van der Waals surface area contributed by atoms with Crippen molar-refractivity contribution in [1.82, 2.24) is 0 Å². The number of carbonyl (C=O) groups is 1. The first-order valence-corrected chi connectivity index (χ1v) is 9.51. The van der Waals surface area contributed by atoms with Crippen LogP contribution in [0.15, 0.2) is 47.4 Å². The van der Waals surface area contributed by atoms with Gasteiger partial charge in [-0.3, -0.25) is 4.79 Å². The van der Waals surface area contributed by atoms with Crippen LogP contribution < -0.4 is 0 Å². The van der Waals surface area contributed by atoms with E-state index >= 15 is 0 Å². The number of carbonyl (C=O) groups excluding carboxylic acids is 1. The number of hydrogen-bond donors (Lipinski definition) is 0. The van der Waals surface area contributed by atoms with Crippen molar-refractivity contribution in [2.24, 2.45) is 0 Å². The summed E-state index contributed by atoms with van der Waals surface area (Å²) in [5, 5.41) is 0.338. The average Bonchev–Trinajstić information content (AvgIpc) is 2.78. The summed E-state index contributed by atoms with van der Waals surface area (Å²) in [6.07, 6.45) is 1.54. The molecule has 25 heavy (non-hydrogen) atoms. The van der Waals surface area contributed by atoms with Gasteiger partial charge in [-0.2, -0.15) is 0 Å². The molecule has 0 N–H and O–H groups in total. The summed E-state index contributed by atoms with van der Waals surface area (Å²) in [5.74, 6) is -0.181. The first kappa shape index (κ1) is 18.0. The zero-order valence-electron chi connectivity index (χ0n) is 13.9. The van der Waals surface area contributed by atoms with Gasteiger partial charge in [0.05, 0.1) is 10.6 Å². The Kier molecular flexibility index (Phi) is 4.66. The van der Waals surface area contributed by atoms with Crippen LogP contribution >= 0.6 is 11.6 Å². The number of benzene rings is 2. The highest BCUT2D eigenvalue weighted by Crippen LogP contribution is 2.42. The number of hydrogen-bond acceptors (Lipinski definition) is 3. The van der Waals surface area contributed by atoms with Crippen LogP contribution in [0, 0.1) is 5.82 Å². The van der Waals surface area contributed by atoms with Crippen molar-refractivity contribution in [2.45, 2.75) is 24.3 Å². The van der Waals surface area contributed by atoms with Crippen LogP contribution in [-0.2, 0) is 20.7 Å². The zero-order valence-corrected chi connectivity index (χ0v) is 15.5. The maximum absolute atomic E-state index is 13.2. The van der Waals surface area contributed by atoms with E-state index in [2.05, 4.69) is 0 Å². The van der Waals surface area contributed by atoms with Crippen LogP contribution in [0.2, 0.25) is 5.02 Å². The van der Waals surface area contributed by atoms with Crippen molar-refractivity contribution in [3.8, 4) is 0 Å². The van der Waals surface area contributed by atoms with E-state index in [1.807, 2.05) is 0 Å². The predicted octanol–water partition coefficient (Wildman–Crippen LogP) is 4.46. The van der Waals surface area contributed by atoms with E-state index in [0.717, 1.165) is 0 Å². The van der Waals surface area contributed by atoms with Gasteiger partial charge in [0.1, 0.15) is 17.8 Å². The van der Waals surface area contributed by atoms with Crippen LogP contribution in [0.4, 0.5) is 4.39 Å². The molecule has 0 bridgehead atoms. The quantitative estimate of drug-likeness (QED) is 0.741. The van der Waals surface area contributed by atoms with Gasteiger partial charge in [0.25, 0.3) is 0 Å². The molecule has 1 heterocycles. The number of Topliss-reactive ketones (excluding diaryl/α,β-unsaturated/α-hetero) is 1. The van der Waals surface area contributed by atoms with Crippen molar-refractivity contribution in [3.05, 3.63) is 64.4 Å². The standard InChI is InChI=1S/C19H16ClFO3S/c1-19(2)18(22)16(11-4-7-13(21)8-5-11)17(24-19)12-6-9-15(25(3)23)14(20)10-12/h4-10H,1-3H3. The third-order valence-electron chi connectivity index (χ3n) is 3.99. The molecular weight excluding hydrogens is 363 g/mol. The molecule has 1 aliphatic heterocycles. The van der Waals surface area contributed by atoms with E-state index in [4.69, 9.17) is 16.3 Å². The zero-order chi connectivity index (χ0) is 18.4. The highest BCUT2D eigenvalue weighted by Gasteiger charge is 2.42. The number of halogens is 2. The van der Waals surface area contributed by atoms with Gasteiger partial charge >= 0.3 is 0 Å². The second kappa shape index (κ2) is 6.48. The largest absolute Gasteiger partial charge is 0.612 e. The molecule has 0 aliphatic carbocycles. The molecule has 0 saturated carbocycles. The van der Waals surface area contributed by atoms with Gasteiger partial charge in [-0.25, -0.2) is 4.39 Å². The van der Waals surface area contributed by atoms with E-state index in [0.29, 0.717) is 32.4 Å². The van der Waals surface area contributed by atoms with E-state index in [1.54, 1.807) is 50.4 Å². The highest BCUT2D eigenvalue weighted by molar-refractivity contribution is 7.90. The van der Waals surface area contributed by atoms with Gasteiger partial charge in [0.15, 0.2) is 10.5 Å². The smallest absolute Gasteiger partial charge is 0.210 e. The Balaban J connectivity index is 2.17. The minimum Gasteiger partial charge on any atom is -0.612 e.